The Morgan fingerprint density at radius 3 is 3.03 bits per heavy atom. The second kappa shape index (κ2) is 7.30. The minimum Gasteiger partial charge on any atom is -0.355 e. The van der Waals surface area contributed by atoms with Crippen LogP contribution in [0.3, 0.4) is 0 Å². The lowest BCUT2D eigenvalue weighted by Crippen LogP contribution is -2.42. The van der Waals surface area contributed by atoms with Gasteiger partial charge in [0.1, 0.15) is 12.1 Å². The van der Waals surface area contributed by atoms with Crippen molar-refractivity contribution in [3.8, 4) is 0 Å². The van der Waals surface area contributed by atoms with Crippen molar-refractivity contribution >= 4 is 34.8 Å². The lowest BCUT2D eigenvalue weighted by Gasteiger charge is -2.34. The average molecular weight is 411 g/mol. The molecule has 3 heterocycles. The topological polar surface area (TPSA) is 75.4 Å². The van der Waals surface area contributed by atoms with Crippen LogP contribution in [-0.2, 0) is 17.6 Å². The van der Waals surface area contributed by atoms with Crippen molar-refractivity contribution in [2.75, 3.05) is 23.3 Å². The van der Waals surface area contributed by atoms with Gasteiger partial charge in [-0.3, -0.25) is 4.79 Å². The third kappa shape index (κ3) is 3.33. The van der Waals surface area contributed by atoms with Crippen LogP contribution in [0.2, 0.25) is 5.02 Å². The number of carbonyl (C=O) groups is 1. The quantitative estimate of drug-likeness (QED) is 0.715. The molecule has 0 spiro atoms. The molecule has 1 fully saturated rings. The summed E-state index contributed by atoms with van der Waals surface area (Å²) in [5.41, 5.74) is 4.12. The predicted octanol–water partition coefficient (Wildman–Crippen LogP) is 3.43. The Kier molecular flexibility index (Phi) is 4.62. The van der Waals surface area contributed by atoms with Gasteiger partial charge in [0.2, 0.25) is 5.91 Å². The summed E-state index contributed by atoms with van der Waals surface area (Å²) in [5.74, 6) is 1.65. The van der Waals surface area contributed by atoms with Crippen LogP contribution >= 0.6 is 11.6 Å². The Labute approximate surface area is 174 Å². The Hall–Kier alpha value is -2.67. The van der Waals surface area contributed by atoms with Crippen molar-refractivity contribution in [3.63, 3.8) is 0 Å². The van der Waals surface area contributed by atoms with E-state index < -0.39 is 0 Å². The van der Waals surface area contributed by atoms with Crippen molar-refractivity contribution in [1.29, 1.82) is 0 Å². The third-order valence-corrected chi connectivity index (χ3v) is 6.36. The summed E-state index contributed by atoms with van der Waals surface area (Å²) in [4.78, 5) is 24.2. The van der Waals surface area contributed by atoms with Gasteiger partial charge in [0.25, 0.3) is 5.78 Å². The minimum atomic E-state index is -0.0902. The van der Waals surface area contributed by atoms with Gasteiger partial charge in [-0.05, 0) is 56.7 Å². The number of fused-ring (bicyclic) bond motifs is 2. The molecule has 2 aromatic heterocycles. The van der Waals surface area contributed by atoms with Gasteiger partial charge < -0.3 is 10.2 Å². The molecule has 7 nitrogen and oxygen atoms in total. The van der Waals surface area contributed by atoms with Crippen LogP contribution < -0.4 is 10.2 Å². The summed E-state index contributed by atoms with van der Waals surface area (Å²) < 4.78 is 1.84. The van der Waals surface area contributed by atoms with Crippen LogP contribution in [0.1, 0.15) is 36.1 Å². The fourth-order valence-electron chi connectivity index (χ4n) is 4.42. The van der Waals surface area contributed by atoms with Crippen LogP contribution in [-0.4, -0.2) is 38.6 Å². The molecular formula is C21H23ClN6O. The average Bonchev–Trinajstić information content (AvgIpc) is 3.38. The monoisotopic (exact) mass is 410 g/mol. The molecule has 29 heavy (non-hydrogen) atoms. The Bertz CT molecular complexity index is 1090. The highest BCUT2D eigenvalue weighted by atomic mass is 35.5. The fraction of sp³-hybridized carbons (Fsp3) is 0.429. The van der Waals surface area contributed by atoms with Crippen LogP contribution in [0.25, 0.3) is 5.78 Å². The van der Waals surface area contributed by atoms with Crippen molar-refractivity contribution < 1.29 is 4.79 Å². The van der Waals surface area contributed by atoms with Crippen LogP contribution in [0.15, 0.2) is 24.5 Å². The molecule has 1 amide bonds. The summed E-state index contributed by atoms with van der Waals surface area (Å²) in [6, 6.07) is 5.63. The molecule has 0 saturated carbocycles. The minimum absolute atomic E-state index is 0.0372. The van der Waals surface area contributed by atoms with E-state index in [0.717, 1.165) is 61.4 Å². The number of piperidine rings is 1. The van der Waals surface area contributed by atoms with Gasteiger partial charge in [-0.15, -0.1) is 0 Å². The number of benzene rings is 1. The second-order valence-electron chi connectivity index (χ2n) is 7.92. The number of nitrogens with one attached hydrogen (secondary N) is 1. The largest absolute Gasteiger partial charge is 0.355 e. The highest BCUT2D eigenvalue weighted by Gasteiger charge is 2.31. The molecule has 150 valence electrons. The zero-order chi connectivity index (χ0) is 20.0. The summed E-state index contributed by atoms with van der Waals surface area (Å²) >= 11 is 6.20. The summed E-state index contributed by atoms with van der Waals surface area (Å²) in [7, 11) is 0. The maximum absolute atomic E-state index is 13.0. The summed E-state index contributed by atoms with van der Waals surface area (Å²) in [5, 5.41) is 8.11. The molecule has 1 atom stereocenters. The molecule has 1 aliphatic heterocycles. The number of aryl methyl sites for hydroxylation is 2. The first kappa shape index (κ1) is 18.4. The fourth-order valence-corrected chi connectivity index (χ4v) is 4.61. The van der Waals surface area contributed by atoms with E-state index in [9.17, 15) is 4.79 Å². The predicted molar refractivity (Wildman–Crippen MR) is 113 cm³/mol. The number of amides is 1. The van der Waals surface area contributed by atoms with Gasteiger partial charge in [-0.2, -0.15) is 14.6 Å². The zero-order valence-corrected chi connectivity index (χ0v) is 17.1. The number of hydrogen-bond donors (Lipinski definition) is 1. The van der Waals surface area contributed by atoms with Gasteiger partial charge in [0.05, 0.1) is 11.6 Å². The first-order valence-corrected chi connectivity index (χ1v) is 10.5. The highest BCUT2D eigenvalue weighted by Crippen LogP contribution is 2.33. The van der Waals surface area contributed by atoms with E-state index in [0.29, 0.717) is 17.3 Å². The molecule has 1 N–H and O–H groups in total. The molecule has 3 aromatic rings. The number of carbonyl (C=O) groups excluding carboxylic acids is 1. The Balaban J connectivity index is 1.40. The number of hydrogen-bond acceptors (Lipinski definition) is 5. The lowest BCUT2D eigenvalue weighted by molar-refractivity contribution is -0.120. The molecule has 0 bridgehead atoms. The summed E-state index contributed by atoms with van der Waals surface area (Å²) in [6.07, 6.45) is 6.47. The number of anilines is 2. The maximum atomic E-state index is 13.0. The van der Waals surface area contributed by atoms with E-state index in [-0.39, 0.29) is 11.8 Å². The van der Waals surface area contributed by atoms with E-state index in [4.69, 9.17) is 11.6 Å². The molecule has 1 saturated heterocycles. The van der Waals surface area contributed by atoms with Crippen molar-refractivity contribution in [1.82, 2.24) is 19.6 Å². The number of rotatable bonds is 3. The van der Waals surface area contributed by atoms with E-state index in [1.807, 2.05) is 29.6 Å². The van der Waals surface area contributed by atoms with Crippen LogP contribution in [0.5, 0.6) is 0 Å². The third-order valence-electron chi connectivity index (χ3n) is 5.96. The van der Waals surface area contributed by atoms with Gasteiger partial charge in [0.15, 0.2) is 0 Å². The molecule has 5 rings (SSSR count). The first-order chi connectivity index (χ1) is 14.1. The number of halogens is 1. The first-order valence-electron chi connectivity index (χ1n) is 10.1. The van der Waals surface area contributed by atoms with E-state index >= 15 is 0 Å². The molecule has 0 radical (unpaired) electrons. The Morgan fingerprint density at radius 1 is 1.28 bits per heavy atom. The normalized spacial score (nSPS) is 18.8. The smallest absolute Gasteiger partial charge is 0.254 e. The molecule has 8 heteroatoms. The SMILES string of the molecule is Cc1ccc(NC(=O)[C@H]2CCCN(c3c4c(nc5ncnn35)CCC4)C2)cc1Cl. The van der Waals surface area contributed by atoms with Crippen molar-refractivity contribution in [2.24, 2.45) is 5.92 Å². The number of nitrogens with zero attached hydrogens (tertiary/aromatic N) is 5. The van der Waals surface area contributed by atoms with Gasteiger partial charge in [0, 0.05) is 29.4 Å². The summed E-state index contributed by atoms with van der Waals surface area (Å²) in [6.45, 7) is 3.52. The van der Waals surface area contributed by atoms with E-state index in [2.05, 4.69) is 25.3 Å². The zero-order valence-electron chi connectivity index (χ0n) is 16.4. The van der Waals surface area contributed by atoms with Gasteiger partial charge in [-0.1, -0.05) is 17.7 Å². The van der Waals surface area contributed by atoms with Gasteiger partial charge >= 0.3 is 0 Å². The van der Waals surface area contributed by atoms with E-state index in [1.165, 1.54) is 5.56 Å². The molecule has 2 aliphatic rings. The Morgan fingerprint density at radius 2 is 2.17 bits per heavy atom. The van der Waals surface area contributed by atoms with Crippen LogP contribution in [0, 0.1) is 12.8 Å². The van der Waals surface area contributed by atoms with Crippen molar-refractivity contribution in [3.05, 3.63) is 46.4 Å². The van der Waals surface area contributed by atoms with Crippen LogP contribution in [0.4, 0.5) is 11.5 Å². The van der Waals surface area contributed by atoms with E-state index in [1.54, 1.807) is 6.33 Å². The van der Waals surface area contributed by atoms with Crippen molar-refractivity contribution in [2.45, 2.75) is 39.0 Å². The standard InChI is InChI=1S/C21H23ClN6O/c1-13-7-8-15(10-17(13)22)25-19(29)14-4-3-9-27(11-14)20-16-5-2-6-18(16)26-21-23-12-24-28(20)21/h7-8,10,12,14H,2-6,9,11H2,1H3,(H,25,29)/t14-/m0/s1. The molecular weight excluding hydrogens is 388 g/mol. The molecule has 1 aromatic carbocycles. The highest BCUT2D eigenvalue weighted by molar-refractivity contribution is 6.31. The maximum Gasteiger partial charge on any atom is 0.254 e. The lowest BCUT2D eigenvalue weighted by atomic mass is 9.96. The second-order valence-corrected chi connectivity index (χ2v) is 8.33. The van der Waals surface area contributed by atoms with Gasteiger partial charge in [-0.25, -0.2) is 4.98 Å². The number of aromatic nitrogens is 4. The molecule has 1 aliphatic carbocycles. The molecule has 0 unspecified atom stereocenters.